The molecule has 7 heteroatoms. The number of nitrogens with zero attached hydrogens (tertiary/aromatic N) is 2. The highest BCUT2D eigenvalue weighted by Gasteiger charge is 2.19. The van der Waals surface area contributed by atoms with Crippen LogP contribution in [0.15, 0.2) is 65.7 Å². The normalized spacial score (nSPS) is 10.8. The lowest BCUT2D eigenvalue weighted by atomic mass is 9.97. The maximum atomic E-state index is 12.8. The van der Waals surface area contributed by atoms with Crippen molar-refractivity contribution < 1.29 is 14.3 Å². The molecular formula is C27H25N3O4. The Labute approximate surface area is 197 Å². The predicted octanol–water partition coefficient (Wildman–Crippen LogP) is 4.66. The Balaban J connectivity index is 1.71. The van der Waals surface area contributed by atoms with Gasteiger partial charge in [-0.15, -0.1) is 0 Å². The van der Waals surface area contributed by atoms with Gasteiger partial charge in [-0.05, 0) is 61.7 Å². The van der Waals surface area contributed by atoms with Gasteiger partial charge in [0.05, 0.1) is 12.1 Å². The van der Waals surface area contributed by atoms with Crippen LogP contribution in [0.1, 0.15) is 38.8 Å². The summed E-state index contributed by atoms with van der Waals surface area (Å²) in [5, 5.41) is 0.418. The Bertz CT molecular complexity index is 1460. The number of aromatic amines is 1. The summed E-state index contributed by atoms with van der Waals surface area (Å²) in [6.07, 6.45) is 3.12. The second kappa shape index (κ2) is 9.31. The van der Waals surface area contributed by atoms with E-state index in [9.17, 15) is 14.4 Å². The number of pyridine rings is 2. The summed E-state index contributed by atoms with van der Waals surface area (Å²) in [6.45, 7) is 5.71. The highest BCUT2D eigenvalue weighted by molar-refractivity contribution is 6.05. The molecule has 0 aliphatic carbocycles. The van der Waals surface area contributed by atoms with Gasteiger partial charge in [0, 0.05) is 36.0 Å². The Morgan fingerprint density at radius 2 is 1.82 bits per heavy atom. The van der Waals surface area contributed by atoms with E-state index in [4.69, 9.17) is 4.74 Å². The van der Waals surface area contributed by atoms with E-state index in [0.29, 0.717) is 22.3 Å². The summed E-state index contributed by atoms with van der Waals surface area (Å²) in [7, 11) is 1.71. The van der Waals surface area contributed by atoms with Crippen molar-refractivity contribution >= 4 is 28.6 Å². The van der Waals surface area contributed by atoms with E-state index >= 15 is 0 Å². The van der Waals surface area contributed by atoms with Crippen molar-refractivity contribution in [3.63, 3.8) is 0 Å². The molecule has 0 unspecified atom stereocenters. The molecule has 34 heavy (non-hydrogen) atoms. The van der Waals surface area contributed by atoms with Gasteiger partial charge in [-0.3, -0.25) is 14.5 Å². The average molecular weight is 456 g/mol. The summed E-state index contributed by atoms with van der Waals surface area (Å²) in [6, 6.07) is 14.6. The number of anilines is 1. The zero-order valence-electron chi connectivity index (χ0n) is 19.5. The number of carbonyl (C=O) groups is 2. The molecular weight excluding hydrogens is 430 g/mol. The van der Waals surface area contributed by atoms with E-state index < -0.39 is 5.97 Å². The number of aryl methyl sites for hydroxylation is 2. The molecule has 4 aromatic rings. The maximum absolute atomic E-state index is 12.8. The molecule has 0 atom stereocenters. The van der Waals surface area contributed by atoms with Crippen LogP contribution >= 0.6 is 0 Å². The third-order valence-electron chi connectivity index (χ3n) is 5.82. The van der Waals surface area contributed by atoms with Crippen LogP contribution in [0.5, 0.6) is 0 Å². The second-order valence-corrected chi connectivity index (χ2v) is 8.01. The fraction of sp³-hybridized carbons (Fsp3) is 0.185. The fourth-order valence-corrected chi connectivity index (χ4v) is 4.05. The Morgan fingerprint density at radius 3 is 2.50 bits per heavy atom. The standard InChI is InChI=1S/C27H25N3O4/c1-5-34-27(33)22-15-28-23-17(3)20(11-12-21(23)24(22)31)19-13-16(2)25(29-14-19)30(4)26(32)18-9-7-6-8-10-18/h6-15H,5H2,1-4H3,(H,28,31). The molecule has 4 rings (SSSR count). The zero-order valence-corrected chi connectivity index (χ0v) is 19.5. The van der Waals surface area contributed by atoms with Crippen LogP contribution < -0.4 is 10.3 Å². The molecule has 2 aromatic heterocycles. The first-order valence-corrected chi connectivity index (χ1v) is 11.0. The van der Waals surface area contributed by atoms with Crippen molar-refractivity contribution in [1.29, 1.82) is 0 Å². The number of aromatic nitrogens is 2. The Morgan fingerprint density at radius 1 is 1.09 bits per heavy atom. The molecule has 1 amide bonds. The quantitative estimate of drug-likeness (QED) is 0.442. The predicted molar refractivity (Wildman–Crippen MR) is 132 cm³/mol. The van der Waals surface area contributed by atoms with Gasteiger partial charge < -0.3 is 9.72 Å². The van der Waals surface area contributed by atoms with Crippen molar-refractivity contribution in [2.75, 3.05) is 18.6 Å². The van der Waals surface area contributed by atoms with Crippen molar-refractivity contribution in [3.05, 3.63) is 93.4 Å². The van der Waals surface area contributed by atoms with Crippen LogP contribution in [-0.2, 0) is 4.74 Å². The van der Waals surface area contributed by atoms with E-state index in [1.165, 1.54) is 11.1 Å². The molecule has 0 saturated heterocycles. The summed E-state index contributed by atoms with van der Waals surface area (Å²) in [5.41, 5.74) is 4.30. The number of ether oxygens (including phenoxy) is 1. The molecule has 0 spiro atoms. The maximum Gasteiger partial charge on any atom is 0.343 e. The van der Waals surface area contributed by atoms with Gasteiger partial charge in [-0.1, -0.05) is 24.3 Å². The van der Waals surface area contributed by atoms with Crippen LogP contribution in [0.2, 0.25) is 0 Å². The Hall–Kier alpha value is -4.26. The lowest BCUT2D eigenvalue weighted by Gasteiger charge is -2.19. The van der Waals surface area contributed by atoms with Crippen LogP contribution in [0.25, 0.3) is 22.0 Å². The fourth-order valence-electron chi connectivity index (χ4n) is 4.05. The minimum Gasteiger partial charge on any atom is -0.462 e. The first-order valence-electron chi connectivity index (χ1n) is 11.0. The number of carbonyl (C=O) groups excluding carboxylic acids is 2. The summed E-state index contributed by atoms with van der Waals surface area (Å²) >= 11 is 0. The van der Waals surface area contributed by atoms with E-state index in [-0.39, 0.29) is 23.5 Å². The van der Waals surface area contributed by atoms with Crippen molar-refractivity contribution in [1.82, 2.24) is 9.97 Å². The van der Waals surface area contributed by atoms with E-state index in [1.807, 2.05) is 44.2 Å². The minimum atomic E-state index is -0.642. The first-order chi connectivity index (χ1) is 16.3. The average Bonchev–Trinajstić information content (AvgIpc) is 2.84. The van der Waals surface area contributed by atoms with Gasteiger partial charge in [0.2, 0.25) is 5.43 Å². The molecule has 0 aliphatic heterocycles. The van der Waals surface area contributed by atoms with Crippen molar-refractivity contribution in [3.8, 4) is 11.1 Å². The van der Waals surface area contributed by atoms with Gasteiger partial charge in [0.1, 0.15) is 11.4 Å². The van der Waals surface area contributed by atoms with Crippen molar-refractivity contribution in [2.45, 2.75) is 20.8 Å². The lowest BCUT2D eigenvalue weighted by Crippen LogP contribution is -2.27. The summed E-state index contributed by atoms with van der Waals surface area (Å²) in [4.78, 5) is 46.9. The SMILES string of the molecule is CCOC(=O)c1c[nH]c2c(C)c(-c3cnc(N(C)C(=O)c4ccccc4)c(C)c3)ccc2c1=O. The number of fused-ring (bicyclic) bond motifs is 1. The second-order valence-electron chi connectivity index (χ2n) is 8.01. The molecule has 2 heterocycles. The molecule has 0 radical (unpaired) electrons. The van der Waals surface area contributed by atoms with E-state index in [2.05, 4.69) is 9.97 Å². The molecule has 172 valence electrons. The van der Waals surface area contributed by atoms with Crippen LogP contribution in [-0.4, -0.2) is 35.5 Å². The third-order valence-corrected chi connectivity index (χ3v) is 5.82. The first kappa shape index (κ1) is 22.9. The number of amides is 1. The van der Waals surface area contributed by atoms with Crippen LogP contribution in [0.4, 0.5) is 5.82 Å². The van der Waals surface area contributed by atoms with Gasteiger partial charge in [0.15, 0.2) is 0 Å². The number of nitrogens with one attached hydrogen (secondary N) is 1. The smallest absolute Gasteiger partial charge is 0.343 e. The number of hydrogen-bond acceptors (Lipinski definition) is 5. The highest BCUT2D eigenvalue weighted by Crippen LogP contribution is 2.30. The summed E-state index contributed by atoms with van der Waals surface area (Å²) < 4.78 is 4.97. The highest BCUT2D eigenvalue weighted by atomic mass is 16.5. The topological polar surface area (TPSA) is 92.4 Å². The molecule has 7 nitrogen and oxygen atoms in total. The van der Waals surface area contributed by atoms with Crippen molar-refractivity contribution in [2.24, 2.45) is 0 Å². The van der Waals surface area contributed by atoms with Gasteiger partial charge >= 0.3 is 5.97 Å². The lowest BCUT2D eigenvalue weighted by molar-refractivity contribution is 0.0524. The molecule has 0 saturated carbocycles. The van der Waals surface area contributed by atoms with Gasteiger partial charge in [-0.2, -0.15) is 0 Å². The number of benzene rings is 2. The summed E-state index contributed by atoms with van der Waals surface area (Å²) in [5.74, 6) is -0.207. The largest absolute Gasteiger partial charge is 0.462 e. The van der Waals surface area contributed by atoms with Gasteiger partial charge in [0.25, 0.3) is 5.91 Å². The minimum absolute atomic E-state index is 0.0190. The van der Waals surface area contributed by atoms with E-state index in [1.54, 1.807) is 38.4 Å². The number of rotatable bonds is 5. The number of esters is 1. The molecule has 1 N–H and O–H groups in total. The number of hydrogen-bond donors (Lipinski definition) is 1. The molecule has 0 fully saturated rings. The zero-order chi connectivity index (χ0) is 24.4. The molecule has 0 bridgehead atoms. The van der Waals surface area contributed by atoms with Crippen LogP contribution in [0, 0.1) is 13.8 Å². The third kappa shape index (κ3) is 4.08. The Kier molecular flexibility index (Phi) is 6.27. The van der Waals surface area contributed by atoms with E-state index in [0.717, 1.165) is 22.3 Å². The monoisotopic (exact) mass is 455 g/mol. The van der Waals surface area contributed by atoms with Gasteiger partial charge in [-0.25, -0.2) is 9.78 Å². The molecule has 0 aliphatic rings. The van der Waals surface area contributed by atoms with Crippen LogP contribution in [0.3, 0.4) is 0 Å². The molecule has 2 aromatic carbocycles. The number of H-pyrrole nitrogens is 1.